The average Bonchev–Trinajstić information content (AvgIpc) is 3.35. The van der Waals surface area contributed by atoms with Crippen molar-refractivity contribution in [2.45, 2.75) is 71.6 Å². The van der Waals surface area contributed by atoms with Gasteiger partial charge in [-0.3, -0.25) is 4.79 Å². The van der Waals surface area contributed by atoms with Crippen LogP contribution in [0.15, 0.2) is 72.9 Å². The highest BCUT2D eigenvalue weighted by Crippen LogP contribution is 2.37. The van der Waals surface area contributed by atoms with E-state index in [4.69, 9.17) is 15.2 Å². The van der Waals surface area contributed by atoms with E-state index in [2.05, 4.69) is 22.5 Å². The number of fused-ring (bicyclic) bond motifs is 1. The molecule has 1 unspecified atom stereocenters. The van der Waals surface area contributed by atoms with Crippen molar-refractivity contribution in [3.63, 3.8) is 0 Å². The maximum Gasteiger partial charge on any atom is 0.435 e. The van der Waals surface area contributed by atoms with Crippen LogP contribution in [0.1, 0.15) is 59.6 Å². The molecule has 0 amide bonds. The Labute approximate surface area is 241 Å². The number of nitrogens with zero attached hydrogens (tertiary/aromatic N) is 2. The first-order valence-corrected chi connectivity index (χ1v) is 13.8. The minimum absolute atomic E-state index is 0.112. The van der Waals surface area contributed by atoms with Gasteiger partial charge in [0, 0.05) is 24.0 Å². The van der Waals surface area contributed by atoms with Crippen molar-refractivity contribution in [3.05, 3.63) is 84.1 Å². The second-order valence-electron chi connectivity index (χ2n) is 12.4. The topological polar surface area (TPSA) is 108 Å². The lowest BCUT2D eigenvalue weighted by atomic mass is 9.81. The summed E-state index contributed by atoms with van der Waals surface area (Å²) in [6.07, 6.45) is 1.14. The largest absolute Gasteiger partial charge is 0.459 e. The molecule has 0 radical (unpaired) electrons. The number of esters is 1. The summed E-state index contributed by atoms with van der Waals surface area (Å²) in [5, 5.41) is 8.73. The Bertz CT molecular complexity index is 1530. The van der Waals surface area contributed by atoms with Crippen molar-refractivity contribution >= 4 is 28.7 Å². The second-order valence-corrected chi connectivity index (χ2v) is 12.4. The molecule has 0 aliphatic rings. The molecule has 0 bridgehead atoms. The highest BCUT2D eigenvalue weighted by molar-refractivity contribution is 6.02. The number of anilines is 1. The third kappa shape index (κ3) is 6.77. The third-order valence-electron chi connectivity index (χ3n) is 6.72. The molecular formula is C33H40N4O4. The lowest BCUT2D eigenvalue weighted by Gasteiger charge is -2.31. The Kier molecular flexibility index (Phi) is 8.27. The smallest absolute Gasteiger partial charge is 0.435 e. The number of hydrogen-bond acceptors (Lipinski definition) is 7. The number of aromatic nitrogens is 2. The fourth-order valence-electron chi connectivity index (χ4n) is 4.50. The van der Waals surface area contributed by atoms with E-state index >= 15 is 0 Å². The zero-order chi connectivity index (χ0) is 30.0. The molecule has 4 aromatic rings. The summed E-state index contributed by atoms with van der Waals surface area (Å²) in [7, 11) is 0. The summed E-state index contributed by atoms with van der Waals surface area (Å²) < 4.78 is 12.5. The normalized spacial score (nSPS) is 13.5. The van der Waals surface area contributed by atoms with Crippen LogP contribution in [-0.4, -0.2) is 39.6 Å². The molecule has 0 fully saturated rings. The molecule has 216 valence electrons. The van der Waals surface area contributed by atoms with E-state index in [1.165, 1.54) is 4.68 Å². The number of nitrogens with two attached hydrogens (primary N) is 1. The van der Waals surface area contributed by atoms with Crippen LogP contribution < -0.4 is 11.1 Å². The summed E-state index contributed by atoms with van der Waals surface area (Å²) in [5.41, 5.74) is 9.05. The highest BCUT2D eigenvalue weighted by Gasteiger charge is 2.37. The van der Waals surface area contributed by atoms with Crippen molar-refractivity contribution < 1.29 is 19.1 Å². The molecule has 0 aliphatic carbocycles. The zero-order valence-electron chi connectivity index (χ0n) is 24.9. The Morgan fingerprint density at radius 2 is 1.49 bits per heavy atom. The number of carbonyl (C=O) groups is 2. The van der Waals surface area contributed by atoms with Crippen molar-refractivity contribution in [2.24, 2.45) is 5.73 Å². The van der Waals surface area contributed by atoms with Gasteiger partial charge in [0.2, 0.25) is 0 Å². The number of nitrogens with one attached hydrogen (secondary N) is 1. The van der Waals surface area contributed by atoms with E-state index in [9.17, 15) is 9.59 Å². The lowest BCUT2D eigenvalue weighted by Crippen LogP contribution is -2.44. The molecule has 4 rings (SSSR count). The van der Waals surface area contributed by atoms with Crippen LogP contribution >= 0.6 is 0 Å². The first-order chi connectivity index (χ1) is 19.2. The molecule has 1 heterocycles. The SMILES string of the molecule is CC(C)(C)OC(=O)n1ncc2c(NCc3ccccc3)c(-c3ccc(C(C)(CN)C(=O)OC(C)(C)C)cc3)ccc21. The summed E-state index contributed by atoms with van der Waals surface area (Å²) >= 11 is 0. The highest BCUT2D eigenvalue weighted by atomic mass is 16.6. The van der Waals surface area contributed by atoms with E-state index in [-0.39, 0.29) is 12.5 Å². The van der Waals surface area contributed by atoms with Gasteiger partial charge in [-0.05, 0) is 71.2 Å². The maximum atomic E-state index is 13.1. The fourth-order valence-corrected chi connectivity index (χ4v) is 4.50. The maximum absolute atomic E-state index is 13.1. The van der Waals surface area contributed by atoms with Crippen LogP contribution in [0.2, 0.25) is 0 Å². The lowest BCUT2D eigenvalue weighted by molar-refractivity contribution is -0.161. The van der Waals surface area contributed by atoms with Crippen molar-refractivity contribution in [1.82, 2.24) is 9.78 Å². The summed E-state index contributed by atoms with van der Waals surface area (Å²) in [6, 6.07) is 21.7. The first kappa shape index (κ1) is 29.8. The average molecular weight is 557 g/mol. The van der Waals surface area contributed by atoms with Crippen molar-refractivity contribution in [3.8, 4) is 11.1 Å². The quantitative estimate of drug-likeness (QED) is 0.245. The van der Waals surface area contributed by atoms with Crippen molar-refractivity contribution in [2.75, 3.05) is 11.9 Å². The number of carbonyl (C=O) groups excluding carboxylic acids is 2. The molecule has 1 atom stereocenters. The van der Waals surface area contributed by atoms with Gasteiger partial charge >= 0.3 is 12.1 Å². The Balaban J connectivity index is 1.75. The predicted molar refractivity (Wildman–Crippen MR) is 163 cm³/mol. The summed E-state index contributed by atoms with van der Waals surface area (Å²) in [5.74, 6) is -0.360. The van der Waals surface area contributed by atoms with Crippen LogP contribution in [0.5, 0.6) is 0 Å². The molecule has 0 aliphatic heterocycles. The molecular weight excluding hydrogens is 516 g/mol. The van der Waals surface area contributed by atoms with Crippen molar-refractivity contribution in [1.29, 1.82) is 0 Å². The van der Waals surface area contributed by atoms with Crippen LogP contribution in [0.3, 0.4) is 0 Å². The minimum Gasteiger partial charge on any atom is -0.459 e. The van der Waals surface area contributed by atoms with Crippen LogP contribution in [0.25, 0.3) is 22.0 Å². The van der Waals surface area contributed by atoms with Gasteiger partial charge < -0.3 is 20.5 Å². The summed E-state index contributed by atoms with van der Waals surface area (Å²) in [4.78, 5) is 26.0. The molecule has 3 N–H and O–H groups in total. The number of hydrogen-bond donors (Lipinski definition) is 2. The molecule has 41 heavy (non-hydrogen) atoms. The van der Waals surface area contributed by atoms with Crippen LogP contribution in [0.4, 0.5) is 10.5 Å². The van der Waals surface area contributed by atoms with Gasteiger partial charge in [-0.15, -0.1) is 0 Å². The van der Waals surface area contributed by atoms with E-state index in [1.807, 2.05) is 96.1 Å². The number of ether oxygens (including phenoxy) is 2. The van der Waals surface area contributed by atoms with Gasteiger partial charge in [0.15, 0.2) is 0 Å². The van der Waals surface area contributed by atoms with Crippen LogP contribution in [-0.2, 0) is 26.2 Å². The summed E-state index contributed by atoms with van der Waals surface area (Å²) in [6.45, 7) is 13.5. The first-order valence-electron chi connectivity index (χ1n) is 13.8. The van der Waals surface area contributed by atoms with E-state index in [0.717, 1.165) is 33.3 Å². The number of rotatable bonds is 7. The van der Waals surface area contributed by atoms with Crippen LogP contribution in [0, 0.1) is 0 Å². The predicted octanol–water partition coefficient (Wildman–Crippen LogP) is 6.66. The molecule has 0 saturated heterocycles. The fraction of sp³-hybridized carbons (Fsp3) is 0.364. The minimum atomic E-state index is -0.987. The van der Waals surface area contributed by atoms with Gasteiger partial charge in [0.1, 0.15) is 16.6 Å². The Morgan fingerprint density at radius 3 is 2.07 bits per heavy atom. The van der Waals surface area contributed by atoms with Gasteiger partial charge in [0.25, 0.3) is 0 Å². The second kappa shape index (κ2) is 11.4. The standard InChI is InChI=1S/C33H40N4O4/c1-31(2,3)40-29(38)33(7,21-34)24-15-13-23(14-16-24)25-17-18-27-26(20-36-37(27)30(39)41-32(4,5)6)28(25)35-19-22-11-9-8-10-12-22/h8-18,20,35H,19,21,34H2,1-7H3. The van der Waals surface area contributed by atoms with Gasteiger partial charge in [0.05, 0.1) is 17.4 Å². The molecule has 0 spiro atoms. The molecule has 8 nitrogen and oxygen atoms in total. The van der Waals surface area contributed by atoms with E-state index < -0.39 is 22.7 Å². The molecule has 0 saturated carbocycles. The monoisotopic (exact) mass is 556 g/mol. The van der Waals surface area contributed by atoms with Gasteiger partial charge in [-0.25, -0.2) is 4.79 Å². The zero-order valence-corrected chi connectivity index (χ0v) is 24.9. The molecule has 3 aromatic carbocycles. The van der Waals surface area contributed by atoms with E-state index in [0.29, 0.717) is 12.1 Å². The van der Waals surface area contributed by atoms with Gasteiger partial charge in [-0.1, -0.05) is 60.7 Å². The van der Waals surface area contributed by atoms with Gasteiger partial charge in [-0.2, -0.15) is 9.78 Å². The Hall–Kier alpha value is -4.17. The number of benzene rings is 3. The third-order valence-corrected chi connectivity index (χ3v) is 6.72. The molecule has 8 heteroatoms. The Morgan fingerprint density at radius 1 is 0.854 bits per heavy atom. The molecule has 1 aromatic heterocycles. The van der Waals surface area contributed by atoms with E-state index in [1.54, 1.807) is 13.1 Å².